The predicted octanol–water partition coefficient (Wildman–Crippen LogP) is 5.42. The molecule has 0 amide bonds. The Kier molecular flexibility index (Phi) is 5.81. The number of rotatable bonds is 4. The first-order chi connectivity index (χ1) is 13.2. The van der Waals surface area contributed by atoms with Crippen LogP contribution < -0.4 is 0 Å². The molecule has 2 unspecified atom stereocenters. The highest BCUT2D eigenvalue weighted by molar-refractivity contribution is 7.87. The van der Waals surface area contributed by atoms with Gasteiger partial charge in [-0.25, -0.2) is 0 Å². The van der Waals surface area contributed by atoms with Crippen LogP contribution in [0.3, 0.4) is 0 Å². The summed E-state index contributed by atoms with van der Waals surface area (Å²) in [5.41, 5.74) is -3.44. The van der Waals surface area contributed by atoms with E-state index in [0.717, 1.165) is 5.56 Å². The SMILES string of the molecule is CC(OS(=O)(=O)C(F)(F)F)=C1CCC(c2ccccc2)OC1c1ccccc1. The van der Waals surface area contributed by atoms with Crippen molar-refractivity contribution in [1.29, 1.82) is 0 Å². The molecule has 1 fully saturated rings. The van der Waals surface area contributed by atoms with Crippen molar-refractivity contribution < 1.29 is 30.5 Å². The molecule has 0 radical (unpaired) electrons. The van der Waals surface area contributed by atoms with Crippen molar-refractivity contribution in [3.05, 3.63) is 83.1 Å². The molecule has 28 heavy (non-hydrogen) atoms. The van der Waals surface area contributed by atoms with Gasteiger partial charge in [0.05, 0.1) is 6.10 Å². The zero-order chi connectivity index (χ0) is 20.4. The Bertz CT molecular complexity index is 938. The van der Waals surface area contributed by atoms with Gasteiger partial charge in [-0.05, 0) is 30.9 Å². The molecule has 2 atom stereocenters. The van der Waals surface area contributed by atoms with Crippen LogP contribution in [0.1, 0.15) is 43.1 Å². The maximum absolute atomic E-state index is 12.7. The summed E-state index contributed by atoms with van der Waals surface area (Å²) < 4.78 is 71.5. The third-order valence-electron chi connectivity index (χ3n) is 4.54. The number of allylic oxidation sites excluding steroid dienone is 1. The zero-order valence-electron chi connectivity index (χ0n) is 15.0. The molecule has 0 spiro atoms. The molecule has 150 valence electrons. The summed E-state index contributed by atoms with van der Waals surface area (Å²) in [6, 6.07) is 18.4. The van der Waals surface area contributed by atoms with Crippen LogP contribution in [-0.2, 0) is 19.0 Å². The lowest BCUT2D eigenvalue weighted by Gasteiger charge is -2.34. The highest BCUT2D eigenvalue weighted by atomic mass is 32.2. The number of benzene rings is 2. The second-order valence-corrected chi connectivity index (χ2v) is 7.97. The molecule has 4 nitrogen and oxygen atoms in total. The summed E-state index contributed by atoms with van der Waals surface area (Å²) in [6.07, 6.45) is -0.126. The molecule has 1 aliphatic heterocycles. The Hall–Kier alpha value is -2.32. The molecular weight excluding hydrogens is 393 g/mol. The van der Waals surface area contributed by atoms with Crippen LogP contribution >= 0.6 is 0 Å². The van der Waals surface area contributed by atoms with E-state index >= 15 is 0 Å². The third kappa shape index (κ3) is 4.39. The van der Waals surface area contributed by atoms with Crippen molar-refractivity contribution in [2.24, 2.45) is 0 Å². The summed E-state index contributed by atoms with van der Waals surface area (Å²) in [5.74, 6) is -0.308. The smallest absolute Gasteiger partial charge is 0.381 e. The molecule has 0 N–H and O–H groups in total. The van der Waals surface area contributed by atoms with E-state index in [1.165, 1.54) is 6.92 Å². The van der Waals surface area contributed by atoms with Crippen LogP contribution in [0.25, 0.3) is 0 Å². The fourth-order valence-electron chi connectivity index (χ4n) is 3.18. The molecule has 2 aromatic carbocycles. The summed E-state index contributed by atoms with van der Waals surface area (Å²) >= 11 is 0. The quantitative estimate of drug-likeness (QED) is 0.382. The lowest BCUT2D eigenvalue weighted by Crippen LogP contribution is -2.26. The van der Waals surface area contributed by atoms with Crippen molar-refractivity contribution in [3.8, 4) is 0 Å². The van der Waals surface area contributed by atoms with Gasteiger partial charge >= 0.3 is 15.6 Å². The molecule has 0 aromatic heterocycles. The summed E-state index contributed by atoms with van der Waals surface area (Å²) in [7, 11) is -5.73. The Balaban J connectivity index is 1.96. The first-order valence-electron chi connectivity index (χ1n) is 8.65. The Morgan fingerprint density at radius 3 is 2.07 bits per heavy atom. The van der Waals surface area contributed by atoms with Crippen LogP contribution in [0.5, 0.6) is 0 Å². The topological polar surface area (TPSA) is 52.6 Å². The standard InChI is InChI=1S/C20H19F3O4S/c1-14(27-28(24,25)20(21,22)23)17-12-13-18(15-8-4-2-5-9-15)26-19(17)16-10-6-3-7-11-16/h2-11,18-19H,12-13H2,1H3. The van der Waals surface area contributed by atoms with E-state index in [2.05, 4.69) is 4.18 Å². The normalized spacial score (nSPS) is 22.6. The Morgan fingerprint density at radius 2 is 1.54 bits per heavy atom. The third-order valence-corrected chi connectivity index (χ3v) is 5.57. The van der Waals surface area contributed by atoms with Gasteiger partial charge in [0.25, 0.3) is 0 Å². The number of hydrogen-bond acceptors (Lipinski definition) is 4. The van der Waals surface area contributed by atoms with Gasteiger partial charge in [0.1, 0.15) is 11.9 Å². The maximum atomic E-state index is 12.7. The molecule has 1 saturated heterocycles. The molecule has 0 saturated carbocycles. The molecule has 3 rings (SSSR count). The van der Waals surface area contributed by atoms with E-state index in [1.807, 2.05) is 36.4 Å². The summed E-state index contributed by atoms with van der Waals surface area (Å²) in [4.78, 5) is 0. The Labute approximate surface area is 161 Å². The summed E-state index contributed by atoms with van der Waals surface area (Å²) in [6.45, 7) is 1.22. The highest BCUT2D eigenvalue weighted by Gasteiger charge is 2.49. The largest absolute Gasteiger partial charge is 0.534 e. The van der Waals surface area contributed by atoms with Gasteiger partial charge in [-0.15, -0.1) is 0 Å². The van der Waals surface area contributed by atoms with E-state index in [-0.39, 0.29) is 11.9 Å². The van der Waals surface area contributed by atoms with Crippen LogP contribution in [-0.4, -0.2) is 13.9 Å². The number of alkyl halides is 3. The molecule has 0 bridgehead atoms. The van der Waals surface area contributed by atoms with Gasteiger partial charge in [-0.3, -0.25) is 0 Å². The average molecular weight is 412 g/mol. The number of halogens is 3. The van der Waals surface area contributed by atoms with E-state index in [9.17, 15) is 21.6 Å². The van der Waals surface area contributed by atoms with Gasteiger partial charge in [-0.1, -0.05) is 60.7 Å². The van der Waals surface area contributed by atoms with Crippen molar-refractivity contribution in [2.45, 2.75) is 37.5 Å². The molecular formula is C20H19F3O4S. The fraction of sp³-hybridized carbons (Fsp3) is 0.300. The van der Waals surface area contributed by atoms with Crippen molar-refractivity contribution in [3.63, 3.8) is 0 Å². The molecule has 0 aliphatic carbocycles. The first-order valence-corrected chi connectivity index (χ1v) is 10.1. The maximum Gasteiger partial charge on any atom is 0.534 e. The molecule has 1 heterocycles. The predicted molar refractivity (Wildman–Crippen MR) is 97.4 cm³/mol. The van der Waals surface area contributed by atoms with E-state index in [1.54, 1.807) is 24.3 Å². The highest BCUT2D eigenvalue weighted by Crippen LogP contribution is 2.44. The fourth-order valence-corrected chi connectivity index (χ4v) is 3.71. The minimum atomic E-state index is -5.73. The molecule has 2 aromatic rings. The Morgan fingerprint density at radius 1 is 1.00 bits per heavy atom. The molecule has 8 heteroatoms. The van der Waals surface area contributed by atoms with E-state index < -0.39 is 21.7 Å². The minimum Gasteiger partial charge on any atom is -0.381 e. The zero-order valence-corrected chi connectivity index (χ0v) is 15.8. The second kappa shape index (κ2) is 7.97. The first kappa shape index (κ1) is 20.4. The lowest BCUT2D eigenvalue weighted by atomic mass is 9.90. The van der Waals surface area contributed by atoms with Gasteiger partial charge in [0.15, 0.2) is 0 Å². The van der Waals surface area contributed by atoms with Crippen molar-refractivity contribution >= 4 is 10.1 Å². The second-order valence-electron chi connectivity index (χ2n) is 6.43. The van der Waals surface area contributed by atoms with Gasteiger partial charge in [-0.2, -0.15) is 21.6 Å². The number of ether oxygens (including phenoxy) is 1. The minimum absolute atomic E-state index is 0.262. The number of hydrogen-bond donors (Lipinski definition) is 0. The van der Waals surface area contributed by atoms with Crippen molar-refractivity contribution in [2.75, 3.05) is 0 Å². The summed E-state index contributed by atoms with van der Waals surface area (Å²) in [5, 5.41) is 0. The van der Waals surface area contributed by atoms with Crippen LogP contribution in [0, 0.1) is 0 Å². The van der Waals surface area contributed by atoms with E-state index in [0.29, 0.717) is 24.0 Å². The van der Waals surface area contributed by atoms with E-state index in [4.69, 9.17) is 4.74 Å². The molecule has 1 aliphatic rings. The lowest BCUT2D eigenvalue weighted by molar-refractivity contribution is -0.0530. The van der Waals surface area contributed by atoms with Crippen LogP contribution in [0.15, 0.2) is 72.0 Å². The van der Waals surface area contributed by atoms with Crippen LogP contribution in [0.2, 0.25) is 0 Å². The monoisotopic (exact) mass is 412 g/mol. The van der Waals surface area contributed by atoms with Crippen molar-refractivity contribution in [1.82, 2.24) is 0 Å². The van der Waals surface area contributed by atoms with Gasteiger partial charge in [0.2, 0.25) is 0 Å². The van der Waals surface area contributed by atoms with Gasteiger partial charge < -0.3 is 8.92 Å². The van der Waals surface area contributed by atoms with Gasteiger partial charge in [0, 0.05) is 5.57 Å². The average Bonchev–Trinajstić information content (AvgIpc) is 2.67. The van der Waals surface area contributed by atoms with Crippen LogP contribution in [0.4, 0.5) is 13.2 Å².